The van der Waals surface area contributed by atoms with Crippen molar-refractivity contribution in [3.63, 3.8) is 0 Å². The van der Waals surface area contributed by atoms with Gasteiger partial charge in [0.15, 0.2) is 0 Å². The van der Waals surface area contributed by atoms with Gasteiger partial charge in [0.05, 0.1) is 9.88 Å². The molecule has 1 saturated carbocycles. The number of halogens is 1. The van der Waals surface area contributed by atoms with Gasteiger partial charge in [-0.1, -0.05) is 31.9 Å². The standard InChI is InChI=1S/C12H18ClNS/c1-11(2)6-3-7-12(14,8-11)9-4-5-10(13)15-9/h4-5H,3,6-8,14H2,1-2H3. The molecule has 3 heteroatoms. The van der Waals surface area contributed by atoms with E-state index >= 15 is 0 Å². The second-order valence-electron chi connectivity index (χ2n) is 5.45. The maximum atomic E-state index is 6.52. The third kappa shape index (κ3) is 2.38. The van der Waals surface area contributed by atoms with Crippen LogP contribution in [-0.2, 0) is 5.54 Å². The van der Waals surface area contributed by atoms with E-state index in [9.17, 15) is 0 Å². The summed E-state index contributed by atoms with van der Waals surface area (Å²) in [5.74, 6) is 0. The third-order valence-corrected chi connectivity index (χ3v) is 4.79. The molecular formula is C12H18ClNS. The van der Waals surface area contributed by atoms with Gasteiger partial charge in [-0.3, -0.25) is 0 Å². The second-order valence-corrected chi connectivity index (χ2v) is 7.17. The Balaban J connectivity index is 2.26. The zero-order valence-corrected chi connectivity index (χ0v) is 10.9. The fourth-order valence-electron chi connectivity index (χ4n) is 2.71. The summed E-state index contributed by atoms with van der Waals surface area (Å²) in [4.78, 5) is 1.25. The fourth-order valence-corrected chi connectivity index (χ4v) is 3.88. The lowest BCUT2D eigenvalue weighted by molar-refractivity contribution is 0.154. The van der Waals surface area contributed by atoms with E-state index in [2.05, 4.69) is 19.9 Å². The number of hydrogen-bond donors (Lipinski definition) is 1. The van der Waals surface area contributed by atoms with Crippen LogP contribution in [0.2, 0.25) is 4.34 Å². The number of rotatable bonds is 1. The van der Waals surface area contributed by atoms with Crippen LogP contribution in [0.4, 0.5) is 0 Å². The fraction of sp³-hybridized carbons (Fsp3) is 0.667. The predicted molar refractivity (Wildman–Crippen MR) is 67.4 cm³/mol. The highest BCUT2D eigenvalue weighted by atomic mass is 35.5. The zero-order valence-electron chi connectivity index (χ0n) is 9.35. The quantitative estimate of drug-likeness (QED) is 0.788. The van der Waals surface area contributed by atoms with Crippen LogP contribution in [0.25, 0.3) is 0 Å². The lowest BCUT2D eigenvalue weighted by Gasteiger charge is -2.42. The summed E-state index contributed by atoms with van der Waals surface area (Å²) >= 11 is 7.61. The Kier molecular flexibility index (Phi) is 2.87. The minimum Gasteiger partial charge on any atom is -0.321 e. The van der Waals surface area contributed by atoms with Crippen molar-refractivity contribution < 1.29 is 0 Å². The van der Waals surface area contributed by atoms with Crippen LogP contribution < -0.4 is 5.73 Å². The van der Waals surface area contributed by atoms with Crippen molar-refractivity contribution >= 4 is 22.9 Å². The molecule has 1 fully saturated rings. The van der Waals surface area contributed by atoms with Gasteiger partial charge in [0.25, 0.3) is 0 Å². The van der Waals surface area contributed by atoms with Gasteiger partial charge < -0.3 is 5.73 Å². The maximum Gasteiger partial charge on any atom is 0.0931 e. The summed E-state index contributed by atoms with van der Waals surface area (Å²) in [6, 6.07) is 4.05. The van der Waals surface area contributed by atoms with Crippen LogP contribution in [0.3, 0.4) is 0 Å². The average Bonchev–Trinajstić information content (AvgIpc) is 2.49. The molecule has 1 aromatic heterocycles. The molecule has 0 radical (unpaired) electrons. The molecule has 1 atom stereocenters. The predicted octanol–water partition coefficient (Wildman–Crippen LogP) is 4.16. The molecule has 1 nitrogen and oxygen atoms in total. The zero-order chi connectivity index (χ0) is 11.1. The monoisotopic (exact) mass is 243 g/mol. The molecule has 0 aromatic carbocycles. The van der Waals surface area contributed by atoms with E-state index in [1.54, 1.807) is 11.3 Å². The molecular weight excluding hydrogens is 226 g/mol. The SMILES string of the molecule is CC1(C)CCCC(N)(c2ccc(Cl)s2)C1. The molecule has 1 unspecified atom stereocenters. The lowest BCUT2D eigenvalue weighted by atomic mass is 9.68. The smallest absolute Gasteiger partial charge is 0.0931 e. The third-order valence-electron chi connectivity index (χ3n) is 3.33. The highest BCUT2D eigenvalue weighted by Gasteiger charge is 2.39. The van der Waals surface area contributed by atoms with Crippen LogP contribution >= 0.6 is 22.9 Å². The topological polar surface area (TPSA) is 26.0 Å². The van der Waals surface area contributed by atoms with E-state index in [1.165, 1.54) is 17.7 Å². The Labute approximate surface area is 101 Å². The Bertz CT molecular complexity index is 358. The van der Waals surface area contributed by atoms with Crippen LogP contribution in [0.1, 0.15) is 44.4 Å². The highest BCUT2D eigenvalue weighted by Crippen LogP contribution is 2.46. The molecule has 1 aliphatic carbocycles. The molecule has 84 valence electrons. The summed E-state index contributed by atoms with van der Waals surface area (Å²) < 4.78 is 0.846. The molecule has 0 spiro atoms. The summed E-state index contributed by atoms with van der Waals surface area (Å²) in [5, 5.41) is 0. The first-order valence-electron chi connectivity index (χ1n) is 5.46. The highest BCUT2D eigenvalue weighted by molar-refractivity contribution is 7.16. The number of thiophene rings is 1. The Morgan fingerprint density at radius 2 is 2.07 bits per heavy atom. The Morgan fingerprint density at radius 3 is 2.60 bits per heavy atom. The van der Waals surface area contributed by atoms with Gasteiger partial charge in [-0.2, -0.15) is 0 Å². The van der Waals surface area contributed by atoms with Gasteiger partial charge in [0.2, 0.25) is 0 Å². The van der Waals surface area contributed by atoms with Crippen LogP contribution in [0.15, 0.2) is 12.1 Å². The van der Waals surface area contributed by atoms with Crippen LogP contribution in [-0.4, -0.2) is 0 Å². The second kappa shape index (κ2) is 3.76. The summed E-state index contributed by atoms with van der Waals surface area (Å²) in [6.45, 7) is 4.62. The molecule has 1 heterocycles. The number of hydrogen-bond acceptors (Lipinski definition) is 2. The largest absolute Gasteiger partial charge is 0.321 e. The van der Waals surface area contributed by atoms with E-state index in [-0.39, 0.29) is 5.54 Å². The minimum atomic E-state index is -0.139. The summed E-state index contributed by atoms with van der Waals surface area (Å²) in [7, 11) is 0. The van der Waals surface area contributed by atoms with Gasteiger partial charge in [-0.25, -0.2) is 0 Å². The van der Waals surface area contributed by atoms with E-state index in [1.807, 2.05) is 6.07 Å². The Morgan fingerprint density at radius 1 is 1.33 bits per heavy atom. The minimum absolute atomic E-state index is 0.139. The Hall–Kier alpha value is -0.0500. The van der Waals surface area contributed by atoms with Crippen molar-refractivity contribution in [2.45, 2.75) is 45.1 Å². The van der Waals surface area contributed by atoms with Crippen molar-refractivity contribution in [1.29, 1.82) is 0 Å². The van der Waals surface area contributed by atoms with Crippen molar-refractivity contribution in [1.82, 2.24) is 0 Å². The molecule has 1 aromatic rings. The van der Waals surface area contributed by atoms with E-state index in [4.69, 9.17) is 17.3 Å². The van der Waals surface area contributed by atoms with E-state index in [0.29, 0.717) is 5.41 Å². The lowest BCUT2D eigenvalue weighted by Crippen LogP contribution is -2.43. The molecule has 0 amide bonds. The molecule has 1 aliphatic rings. The normalized spacial score (nSPS) is 30.4. The average molecular weight is 244 g/mol. The van der Waals surface area contributed by atoms with Crippen molar-refractivity contribution in [2.75, 3.05) is 0 Å². The van der Waals surface area contributed by atoms with Crippen molar-refractivity contribution in [3.05, 3.63) is 21.3 Å². The summed E-state index contributed by atoms with van der Waals surface area (Å²) in [5.41, 5.74) is 6.75. The van der Waals surface area contributed by atoms with Gasteiger partial charge in [0.1, 0.15) is 0 Å². The summed E-state index contributed by atoms with van der Waals surface area (Å²) in [6.07, 6.45) is 4.66. The first-order valence-corrected chi connectivity index (χ1v) is 6.66. The first-order chi connectivity index (χ1) is 6.91. The molecule has 15 heavy (non-hydrogen) atoms. The molecule has 2 N–H and O–H groups in total. The molecule has 0 bridgehead atoms. The van der Waals surface area contributed by atoms with Crippen molar-refractivity contribution in [2.24, 2.45) is 11.1 Å². The number of nitrogens with two attached hydrogens (primary N) is 1. The van der Waals surface area contributed by atoms with Crippen LogP contribution in [0, 0.1) is 5.41 Å². The molecule has 0 aliphatic heterocycles. The molecule has 0 saturated heterocycles. The van der Waals surface area contributed by atoms with Gasteiger partial charge in [-0.15, -0.1) is 11.3 Å². The van der Waals surface area contributed by atoms with E-state index < -0.39 is 0 Å². The van der Waals surface area contributed by atoms with Crippen LogP contribution in [0.5, 0.6) is 0 Å². The van der Waals surface area contributed by atoms with E-state index in [0.717, 1.165) is 17.2 Å². The van der Waals surface area contributed by atoms with Crippen molar-refractivity contribution in [3.8, 4) is 0 Å². The molecule has 2 rings (SSSR count). The first kappa shape index (κ1) is 11.4. The van der Waals surface area contributed by atoms with Gasteiger partial charge in [-0.05, 0) is 36.8 Å². The van der Waals surface area contributed by atoms with Gasteiger partial charge in [0, 0.05) is 4.88 Å². The maximum absolute atomic E-state index is 6.52. The van der Waals surface area contributed by atoms with Gasteiger partial charge >= 0.3 is 0 Å².